The van der Waals surface area contributed by atoms with E-state index in [-0.39, 0.29) is 16.8 Å². The summed E-state index contributed by atoms with van der Waals surface area (Å²) in [4.78, 5) is 17.2. The number of benzene rings is 2. The Hall–Kier alpha value is -3.40. The number of ether oxygens (including phenoxy) is 1. The number of rotatable bonds is 2. The number of aromatic nitrogens is 4. The molecule has 0 fully saturated rings. The van der Waals surface area contributed by atoms with Crippen LogP contribution in [0.3, 0.4) is 0 Å². The minimum atomic E-state index is -4.77. The molecule has 0 aliphatic carbocycles. The number of aromatic amines is 1. The summed E-state index contributed by atoms with van der Waals surface area (Å²) in [5.41, 5.74) is 2.34. The van der Waals surface area contributed by atoms with Gasteiger partial charge in [0.05, 0.1) is 5.69 Å². The van der Waals surface area contributed by atoms with Crippen LogP contribution in [0.25, 0.3) is 22.2 Å². The average Bonchev–Trinajstić information content (AvgIpc) is 2.93. The molecule has 2 N–H and O–H groups in total. The lowest BCUT2D eigenvalue weighted by Gasteiger charge is -2.08. The number of hydrogen-bond acceptors (Lipinski definition) is 4. The zero-order valence-electron chi connectivity index (χ0n) is 13.9. The zero-order valence-corrected chi connectivity index (χ0v) is 13.9. The first kappa shape index (κ1) is 18.4. The van der Waals surface area contributed by atoms with Crippen LogP contribution in [0.15, 0.2) is 53.3 Å². The first-order chi connectivity index (χ1) is 12.3. The Labute approximate surface area is 149 Å². The summed E-state index contributed by atoms with van der Waals surface area (Å²) in [7, 11) is 0. The van der Waals surface area contributed by atoms with E-state index >= 15 is 0 Å². The molecule has 0 amide bonds. The minimum Gasteiger partial charge on any atom is -0.870 e. The van der Waals surface area contributed by atoms with E-state index in [1.807, 2.05) is 24.3 Å². The molecule has 4 aromatic rings. The van der Waals surface area contributed by atoms with Crippen LogP contribution in [0.1, 0.15) is 5.69 Å². The van der Waals surface area contributed by atoms with Gasteiger partial charge in [0.25, 0.3) is 5.52 Å². The van der Waals surface area contributed by atoms with Crippen LogP contribution in [-0.2, 0) is 0 Å². The van der Waals surface area contributed by atoms with Gasteiger partial charge < -0.3 is 10.2 Å². The van der Waals surface area contributed by atoms with Gasteiger partial charge in [-0.1, -0.05) is 22.0 Å². The monoisotopic (exact) mass is 378 g/mol. The summed E-state index contributed by atoms with van der Waals surface area (Å²) in [6.07, 6.45) is -4.77. The molecular formula is C17H13F3N4O3. The van der Waals surface area contributed by atoms with Crippen molar-refractivity contribution in [2.45, 2.75) is 13.3 Å². The minimum absolute atomic E-state index is 0. The summed E-state index contributed by atoms with van der Waals surface area (Å²) in [5, 5.41) is 2.95. The maximum atomic E-state index is 12.8. The molecule has 0 saturated carbocycles. The SMILES string of the molecule is Cc1nc2ccccc2[n+]2[nH]n(-c3ccc(OC(F)(F)F)cc3)c(=O)c12.[OH-]. The molecule has 0 aliphatic heterocycles. The predicted molar refractivity (Wildman–Crippen MR) is 88.2 cm³/mol. The molecule has 0 aliphatic rings. The van der Waals surface area contributed by atoms with Crippen LogP contribution >= 0.6 is 0 Å². The van der Waals surface area contributed by atoms with E-state index in [2.05, 4.69) is 14.9 Å². The smallest absolute Gasteiger partial charge is 0.573 e. The molecule has 140 valence electrons. The highest BCUT2D eigenvalue weighted by Gasteiger charge is 2.31. The van der Waals surface area contributed by atoms with E-state index in [1.165, 1.54) is 16.8 Å². The van der Waals surface area contributed by atoms with E-state index in [1.54, 1.807) is 11.4 Å². The second-order valence-corrected chi connectivity index (χ2v) is 5.65. The summed E-state index contributed by atoms with van der Waals surface area (Å²) in [5.74, 6) is -0.360. The number of H-pyrrole nitrogens is 1. The quantitative estimate of drug-likeness (QED) is 0.542. The number of alkyl halides is 3. The van der Waals surface area contributed by atoms with Gasteiger partial charge in [0.2, 0.25) is 0 Å². The first-order valence-electron chi connectivity index (χ1n) is 7.62. The fourth-order valence-electron chi connectivity index (χ4n) is 2.84. The van der Waals surface area contributed by atoms with Crippen molar-refractivity contribution in [3.8, 4) is 11.4 Å². The Bertz CT molecular complexity index is 1180. The van der Waals surface area contributed by atoms with Crippen LogP contribution in [-0.4, -0.2) is 26.7 Å². The van der Waals surface area contributed by atoms with E-state index in [9.17, 15) is 18.0 Å². The van der Waals surface area contributed by atoms with Gasteiger partial charge >= 0.3 is 11.9 Å². The Kier molecular flexibility index (Phi) is 4.36. The fourth-order valence-corrected chi connectivity index (χ4v) is 2.84. The van der Waals surface area contributed by atoms with Crippen LogP contribution in [0.2, 0.25) is 0 Å². The number of halogens is 3. The van der Waals surface area contributed by atoms with Crippen molar-refractivity contribution in [1.29, 1.82) is 0 Å². The first-order valence-corrected chi connectivity index (χ1v) is 7.62. The molecule has 0 spiro atoms. The van der Waals surface area contributed by atoms with Crippen molar-refractivity contribution in [2.24, 2.45) is 0 Å². The van der Waals surface area contributed by atoms with Crippen LogP contribution in [0, 0.1) is 6.92 Å². The largest absolute Gasteiger partial charge is 0.870 e. The number of fused-ring (bicyclic) bond motifs is 3. The molecule has 0 saturated heterocycles. The van der Waals surface area contributed by atoms with Gasteiger partial charge in [-0.05, 0) is 43.3 Å². The molecule has 7 nitrogen and oxygen atoms in total. The van der Waals surface area contributed by atoms with Crippen molar-refractivity contribution in [2.75, 3.05) is 0 Å². The Morgan fingerprint density at radius 3 is 2.44 bits per heavy atom. The number of nitrogens with one attached hydrogen (secondary N) is 1. The van der Waals surface area contributed by atoms with Crippen LogP contribution in [0.5, 0.6) is 5.75 Å². The Morgan fingerprint density at radius 2 is 1.78 bits per heavy atom. The molecule has 0 atom stereocenters. The van der Waals surface area contributed by atoms with Gasteiger partial charge in [-0.15, -0.1) is 17.7 Å². The number of nitrogens with zero attached hydrogens (tertiary/aromatic N) is 3. The highest BCUT2D eigenvalue weighted by molar-refractivity contribution is 5.72. The third kappa shape index (κ3) is 3.22. The second kappa shape index (κ2) is 6.40. The number of hydrogen-bond donors (Lipinski definition) is 1. The van der Waals surface area contributed by atoms with E-state index in [4.69, 9.17) is 0 Å². The summed E-state index contributed by atoms with van der Waals surface area (Å²) < 4.78 is 43.5. The van der Waals surface area contributed by atoms with Gasteiger partial charge in [0.1, 0.15) is 11.3 Å². The van der Waals surface area contributed by atoms with Crippen molar-refractivity contribution in [3.05, 3.63) is 64.6 Å². The lowest BCUT2D eigenvalue weighted by molar-refractivity contribution is -0.556. The highest BCUT2D eigenvalue weighted by Crippen LogP contribution is 2.23. The average molecular weight is 378 g/mol. The summed E-state index contributed by atoms with van der Waals surface area (Å²) in [6, 6.07) is 12.3. The molecule has 4 rings (SSSR count). The number of para-hydroxylation sites is 2. The molecule has 0 radical (unpaired) electrons. The molecule has 2 aromatic heterocycles. The molecule has 10 heteroatoms. The van der Waals surface area contributed by atoms with E-state index < -0.39 is 6.36 Å². The van der Waals surface area contributed by atoms with Gasteiger partial charge in [-0.25, -0.2) is 9.78 Å². The third-order valence-electron chi connectivity index (χ3n) is 3.91. The van der Waals surface area contributed by atoms with Gasteiger partial charge in [-0.3, -0.25) is 0 Å². The normalized spacial score (nSPS) is 11.6. The van der Waals surface area contributed by atoms with Crippen molar-refractivity contribution >= 4 is 16.6 Å². The van der Waals surface area contributed by atoms with E-state index in [0.717, 1.165) is 12.1 Å². The standard InChI is InChI=1S/C17H11F3N4O2.H2O/c1-10-15-16(25)23(11-6-8-12(9-7-11)26-17(18,19)20)22-24(15)14-5-3-2-4-13(14)21-10;/h2-9H,1H3;1H2. The van der Waals surface area contributed by atoms with Crippen molar-refractivity contribution < 1.29 is 27.9 Å². The Morgan fingerprint density at radius 1 is 1.11 bits per heavy atom. The lowest BCUT2D eigenvalue weighted by Crippen LogP contribution is -2.27. The van der Waals surface area contributed by atoms with Crippen molar-refractivity contribution in [1.82, 2.24) is 14.9 Å². The maximum absolute atomic E-state index is 12.8. The van der Waals surface area contributed by atoms with Gasteiger partial charge in [-0.2, -0.15) is 0 Å². The second-order valence-electron chi connectivity index (χ2n) is 5.65. The third-order valence-corrected chi connectivity index (χ3v) is 3.91. The predicted octanol–water partition coefficient (Wildman–Crippen LogP) is 2.48. The molecule has 2 aromatic carbocycles. The Balaban J connectivity index is 0.00000210. The molecule has 0 bridgehead atoms. The number of aryl methyl sites for hydroxylation is 1. The maximum Gasteiger partial charge on any atom is 0.573 e. The lowest BCUT2D eigenvalue weighted by atomic mass is 10.2. The van der Waals surface area contributed by atoms with Crippen LogP contribution < -0.4 is 14.8 Å². The highest BCUT2D eigenvalue weighted by atomic mass is 19.4. The molecule has 27 heavy (non-hydrogen) atoms. The molecule has 0 unspecified atom stereocenters. The van der Waals surface area contributed by atoms with Gasteiger partial charge in [0.15, 0.2) is 11.2 Å². The summed E-state index contributed by atoms with van der Waals surface area (Å²) >= 11 is 0. The topological polar surface area (TPSA) is 94.0 Å². The van der Waals surface area contributed by atoms with E-state index in [0.29, 0.717) is 27.9 Å². The fraction of sp³-hybridized carbons (Fsp3) is 0.118. The molecular weight excluding hydrogens is 365 g/mol. The van der Waals surface area contributed by atoms with Crippen LogP contribution in [0.4, 0.5) is 13.2 Å². The molecule has 2 heterocycles. The van der Waals surface area contributed by atoms with Gasteiger partial charge in [0, 0.05) is 0 Å². The van der Waals surface area contributed by atoms with Crippen molar-refractivity contribution in [3.63, 3.8) is 0 Å². The summed E-state index contributed by atoms with van der Waals surface area (Å²) in [6.45, 7) is 1.72. The zero-order chi connectivity index (χ0) is 18.5.